The van der Waals surface area contributed by atoms with E-state index in [4.69, 9.17) is 23.9 Å². The van der Waals surface area contributed by atoms with Crippen LogP contribution in [-0.2, 0) is 20.8 Å². The molecule has 0 radical (unpaired) electrons. The number of aryl methyl sites for hydroxylation is 1. The Labute approximate surface area is 421 Å². The van der Waals surface area contributed by atoms with Crippen LogP contribution in [0.25, 0.3) is 21.8 Å². The number of urea groups is 1. The highest BCUT2D eigenvalue weighted by Crippen LogP contribution is 2.38. The number of benzene rings is 4. The zero-order chi connectivity index (χ0) is 49.8. The Balaban J connectivity index is 0.761. The van der Waals surface area contributed by atoms with Gasteiger partial charge in [-0.05, 0) is 60.7 Å². The zero-order valence-electron chi connectivity index (χ0n) is 41.6. The molecule has 2 aliphatic heterocycles. The Morgan fingerprint density at radius 1 is 0.708 bits per heavy atom. The van der Waals surface area contributed by atoms with Gasteiger partial charge in [-0.25, -0.2) is 4.79 Å². The minimum Gasteiger partial charge on any atom is -0.493 e. The topological polar surface area (TPSA) is 144 Å². The smallest absolute Gasteiger partial charge is 0.387 e. The summed E-state index contributed by atoms with van der Waals surface area (Å²) in [6, 6.07) is 34.1. The number of halogens is 2. The number of hydrogen-bond acceptors (Lipinski definition) is 12. The molecule has 16 heteroatoms. The lowest BCUT2D eigenvalue weighted by molar-refractivity contribution is -0.0511. The van der Waals surface area contributed by atoms with E-state index in [1.54, 1.807) is 20.1 Å². The number of methoxy groups -OCH3 is 2. The molecule has 382 valence electrons. The van der Waals surface area contributed by atoms with Crippen molar-refractivity contribution in [3.05, 3.63) is 131 Å². The monoisotopic (exact) mass is 987 g/mol. The molecule has 0 bridgehead atoms. The maximum Gasteiger partial charge on any atom is 0.387 e. The lowest BCUT2D eigenvalue weighted by Gasteiger charge is -2.24. The highest BCUT2D eigenvalue weighted by molar-refractivity contribution is 5.94. The number of rotatable bonds is 22. The van der Waals surface area contributed by atoms with Crippen LogP contribution >= 0.6 is 0 Å². The summed E-state index contributed by atoms with van der Waals surface area (Å²) in [6.07, 6.45) is 6.18. The first kappa shape index (κ1) is 50.9. The van der Waals surface area contributed by atoms with Crippen molar-refractivity contribution in [2.24, 2.45) is 0 Å². The van der Waals surface area contributed by atoms with Gasteiger partial charge in [0.25, 0.3) is 0 Å². The van der Waals surface area contributed by atoms with Crippen LogP contribution in [0.5, 0.6) is 11.5 Å². The van der Waals surface area contributed by atoms with Crippen LogP contribution in [-0.4, -0.2) is 125 Å². The molecule has 0 unspecified atom stereocenters. The molecule has 4 aromatic carbocycles. The number of aromatic nitrogens is 2. The maximum absolute atomic E-state index is 13.6. The molecule has 2 saturated heterocycles. The van der Waals surface area contributed by atoms with E-state index < -0.39 is 6.61 Å². The van der Waals surface area contributed by atoms with Crippen molar-refractivity contribution in [1.82, 2.24) is 30.4 Å². The fourth-order valence-electron chi connectivity index (χ4n) is 10.7. The second-order valence-corrected chi connectivity index (χ2v) is 19.3. The van der Waals surface area contributed by atoms with Crippen molar-refractivity contribution >= 4 is 39.2 Å². The van der Waals surface area contributed by atoms with Gasteiger partial charge in [0, 0.05) is 87.0 Å². The second kappa shape index (κ2) is 24.6. The van der Waals surface area contributed by atoms with Gasteiger partial charge < -0.3 is 39.6 Å². The van der Waals surface area contributed by atoms with Gasteiger partial charge in [-0.3, -0.25) is 25.1 Å². The molecule has 2 aromatic heterocycles. The fourth-order valence-corrected chi connectivity index (χ4v) is 10.7. The van der Waals surface area contributed by atoms with E-state index in [9.17, 15) is 13.6 Å². The van der Waals surface area contributed by atoms with Crippen molar-refractivity contribution in [1.29, 1.82) is 0 Å². The van der Waals surface area contributed by atoms with Crippen LogP contribution in [0.15, 0.2) is 103 Å². The van der Waals surface area contributed by atoms with Crippen LogP contribution in [0.4, 0.5) is 25.0 Å². The molecular formula is C56H68F2N8O6. The average molecular weight is 987 g/mol. The SMILES string of the molecule is COCCN1C[C@@H](NC(=O)Nc2cc3cc(OC(F)F)c(OC)cc3nc2C)[C@H](c2ccc(COCCN3C[C@@H](NCOCNc4cc5ccccc5nc4C4CCCCC4)[C@H](c4ccccc4)C3)cc2)C1. The summed E-state index contributed by atoms with van der Waals surface area (Å²) >= 11 is 0. The van der Waals surface area contributed by atoms with Crippen molar-refractivity contribution in [3.63, 3.8) is 0 Å². The predicted octanol–water partition coefficient (Wildman–Crippen LogP) is 9.60. The first-order valence-electron chi connectivity index (χ1n) is 25.3. The van der Waals surface area contributed by atoms with Crippen LogP contribution in [0.2, 0.25) is 0 Å². The Morgan fingerprint density at radius 3 is 2.18 bits per heavy atom. The number of pyridine rings is 2. The highest BCUT2D eigenvalue weighted by atomic mass is 19.3. The number of para-hydroxylation sites is 1. The van der Waals surface area contributed by atoms with Gasteiger partial charge in [-0.1, -0.05) is 92.1 Å². The number of carbonyl (C=O) groups excluding carboxylic acids is 1. The summed E-state index contributed by atoms with van der Waals surface area (Å²) in [5.74, 6) is 0.845. The quantitative estimate of drug-likeness (QED) is 0.0380. The van der Waals surface area contributed by atoms with Gasteiger partial charge in [-0.15, -0.1) is 0 Å². The summed E-state index contributed by atoms with van der Waals surface area (Å²) < 4.78 is 54.1. The number of nitrogens with zero attached hydrogens (tertiary/aromatic N) is 4. The summed E-state index contributed by atoms with van der Waals surface area (Å²) in [5.41, 5.74) is 8.34. The highest BCUT2D eigenvalue weighted by Gasteiger charge is 2.36. The Hall–Kier alpha value is -6.01. The van der Waals surface area contributed by atoms with E-state index in [1.165, 1.54) is 62.6 Å². The minimum atomic E-state index is -3.02. The van der Waals surface area contributed by atoms with Gasteiger partial charge in [0.05, 0.1) is 73.5 Å². The summed E-state index contributed by atoms with van der Waals surface area (Å²) in [4.78, 5) is 28.1. The number of fused-ring (bicyclic) bond motifs is 2. The Morgan fingerprint density at radius 2 is 1.42 bits per heavy atom. The summed E-state index contributed by atoms with van der Waals surface area (Å²) in [6.45, 7) is 5.99. The third kappa shape index (κ3) is 13.0. The van der Waals surface area contributed by atoms with E-state index in [2.05, 4.69) is 126 Å². The van der Waals surface area contributed by atoms with Gasteiger partial charge >= 0.3 is 12.6 Å². The summed E-state index contributed by atoms with van der Waals surface area (Å²) in [7, 11) is 3.06. The molecule has 4 heterocycles. The van der Waals surface area contributed by atoms with Gasteiger partial charge in [-0.2, -0.15) is 8.78 Å². The number of nitrogens with one attached hydrogen (secondary N) is 4. The molecule has 1 saturated carbocycles. The molecule has 3 aliphatic rings. The van der Waals surface area contributed by atoms with E-state index in [0.29, 0.717) is 73.9 Å². The molecule has 1 aliphatic carbocycles. The normalized spacial score (nSPS) is 19.9. The van der Waals surface area contributed by atoms with Crippen LogP contribution < -0.4 is 30.7 Å². The number of ether oxygens (including phenoxy) is 5. The van der Waals surface area contributed by atoms with Crippen molar-refractivity contribution in [3.8, 4) is 11.5 Å². The maximum atomic E-state index is 13.6. The van der Waals surface area contributed by atoms with Crippen molar-refractivity contribution in [2.45, 2.75) is 82.1 Å². The molecule has 2 amide bonds. The van der Waals surface area contributed by atoms with Gasteiger partial charge in [0.1, 0.15) is 6.73 Å². The molecule has 4 N–H and O–H groups in total. The minimum absolute atomic E-state index is 0.0249. The number of amides is 2. The van der Waals surface area contributed by atoms with E-state index >= 15 is 0 Å². The van der Waals surface area contributed by atoms with Crippen LogP contribution in [0.1, 0.15) is 77.9 Å². The van der Waals surface area contributed by atoms with Crippen molar-refractivity contribution < 1.29 is 37.3 Å². The number of hydrogen-bond donors (Lipinski definition) is 4. The fraction of sp³-hybridized carbons (Fsp3) is 0.446. The first-order valence-corrected chi connectivity index (χ1v) is 25.3. The zero-order valence-corrected chi connectivity index (χ0v) is 41.6. The van der Waals surface area contributed by atoms with Crippen LogP contribution in [0.3, 0.4) is 0 Å². The number of carbonyl (C=O) groups is 1. The molecular weight excluding hydrogens is 919 g/mol. The molecule has 0 spiro atoms. The summed E-state index contributed by atoms with van der Waals surface area (Å²) in [5, 5.41) is 15.1. The van der Waals surface area contributed by atoms with E-state index in [0.717, 1.165) is 60.4 Å². The molecule has 6 aromatic rings. The molecule has 3 fully saturated rings. The number of alkyl halides is 2. The Bertz CT molecular complexity index is 2710. The lowest BCUT2D eigenvalue weighted by atomic mass is 9.86. The number of likely N-dealkylation sites (tertiary alicyclic amines) is 2. The van der Waals surface area contributed by atoms with E-state index in [-0.39, 0.29) is 35.5 Å². The average Bonchev–Trinajstić information content (AvgIpc) is 4.00. The van der Waals surface area contributed by atoms with Crippen LogP contribution in [0, 0.1) is 6.92 Å². The predicted molar refractivity (Wildman–Crippen MR) is 277 cm³/mol. The van der Waals surface area contributed by atoms with E-state index in [1.807, 2.05) is 0 Å². The molecule has 9 rings (SSSR count). The third-order valence-corrected chi connectivity index (χ3v) is 14.5. The molecule has 4 atom stereocenters. The standard InChI is InChI=1S/C56H68F2N8O6/c1-37-47(27-43-28-53(72-55(57)58)52(69-3)29-48(43)61-37)63-56(67)64-51-33-65(22-24-68-2)31-45(51)40-20-18-38(19-21-40)34-70-25-23-66-30-44(39-12-6-4-7-13-39)50(32-66)60-36-71-35-59-49-26-42-16-10-11-17-46(42)62-54(49)41-14-8-5-9-15-41/h4,6-7,10-13,16-21,26-29,41,44-45,50-51,55,59-60H,5,8-9,14-15,22-25,30-36H2,1-3H3,(H2,63,64,67)/t44-,45-,50+,51+/m0/s1. The van der Waals surface area contributed by atoms with Crippen molar-refractivity contribution in [2.75, 3.05) is 90.8 Å². The lowest BCUT2D eigenvalue weighted by Crippen LogP contribution is -2.42. The van der Waals surface area contributed by atoms with Gasteiger partial charge in [0.15, 0.2) is 11.5 Å². The first-order chi connectivity index (χ1) is 35.2. The third-order valence-electron chi connectivity index (χ3n) is 14.5. The molecule has 14 nitrogen and oxygen atoms in total. The Kier molecular flexibility index (Phi) is 17.4. The van der Waals surface area contributed by atoms with Gasteiger partial charge in [0.2, 0.25) is 0 Å². The largest absolute Gasteiger partial charge is 0.493 e. The number of anilines is 2. The molecule has 72 heavy (non-hydrogen) atoms. The second-order valence-electron chi connectivity index (χ2n) is 19.3.